The van der Waals surface area contributed by atoms with Crippen molar-refractivity contribution >= 4 is 55.4 Å². The van der Waals surface area contributed by atoms with Crippen molar-refractivity contribution in [1.82, 2.24) is 9.88 Å². The van der Waals surface area contributed by atoms with Crippen LogP contribution in [-0.4, -0.2) is 48.6 Å². The number of esters is 1. The molecule has 0 aliphatic carbocycles. The van der Waals surface area contributed by atoms with Crippen molar-refractivity contribution in [3.05, 3.63) is 74.5 Å². The lowest BCUT2D eigenvalue weighted by Crippen LogP contribution is -2.37. The molecule has 0 atom stereocenters. The van der Waals surface area contributed by atoms with E-state index in [4.69, 9.17) is 9.15 Å². The minimum absolute atomic E-state index is 0.0130. The van der Waals surface area contributed by atoms with Gasteiger partial charge in [-0.1, -0.05) is 51.1 Å². The van der Waals surface area contributed by atoms with E-state index >= 15 is 0 Å². The molecule has 5 aromatic rings. The highest BCUT2D eigenvalue weighted by molar-refractivity contribution is 6.14. The molecule has 8 heteroatoms. The molecule has 1 saturated heterocycles. The Balaban J connectivity index is 1.35. The Morgan fingerprint density at radius 2 is 1.70 bits per heavy atom. The molecule has 0 bridgehead atoms. The Hall–Kier alpha value is -4.17. The highest BCUT2D eigenvalue weighted by Crippen LogP contribution is 2.33. The maximum absolute atomic E-state index is 13.9. The summed E-state index contributed by atoms with van der Waals surface area (Å²) in [5, 5.41) is 5.01. The van der Waals surface area contributed by atoms with E-state index in [0.29, 0.717) is 57.1 Å². The van der Waals surface area contributed by atoms with Crippen LogP contribution in [0.25, 0.3) is 43.7 Å². The van der Waals surface area contributed by atoms with E-state index in [-0.39, 0.29) is 28.2 Å². The summed E-state index contributed by atoms with van der Waals surface area (Å²) in [6.07, 6.45) is 2.46. The summed E-state index contributed by atoms with van der Waals surface area (Å²) in [4.78, 5) is 45.6. The Bertz CT molecular complexity index is 1960. The van der Waals surface area contributed by atoms with E-state index in [1.54, 1.807) is 24.3 Å². The third-order valence-corrected chi connectivity index (χ3v) is 8.66. The van der Waals surface area contributed by atoms with Crippen molar-refractivity contribution in [3.63, 3.8) is 0 Å². The molecule has 1 aromatic heterocycles. The Morgan fingerprint density at radius 1 is 1.00 bits per heavy atom. The smallest absolute Gasteiger partial charge is 0.309 e. The first-order chi connectivity index (χ1) is 20.7. The van der Waals surface area contributed by atoms with Crippen LogP contribution in [0.2, 0.25) is 0 Å². The van der Waals surface area contributed by atoms with Gasteiger partial charge in [-0.25, -0.2) is 0 Å². The number of fused-ring (bicyclic) bond motifs is 5. The lowest BCUT2D eigenvalue weighted by Gasteiger charge is -2.30. The summed E-state index contributed by atoms with van der Waals surface area (Å²) in [5.41, 5.74) is 3.80. The van der Waals surface area contributed by atoms with Crippen molar-refractivity contribution < 1.29 is 13.9 Å². The van der Waals surface area contributed by atoms with Crippen LogP contribution in [0.4, 0.5) is 5.69 Å². The molecule has 0 amide bonds. The quantitative estimate of drug-likeness (QED) is 0.100. The molecular formula is C35H39N3O5. The molecule has 6 rings (SSSR count). The van der Waals surface area contributed by atoms with Crippen molar-refractivity contribution in [2.75, 3.05) is 38.1 Å². The topological polar surface area (TPSA) is 105 Å². The van der Waals surface area contributed by atoms with Gasteiger partial charge in [-0.2, -0.15) is 0 Å². The third-order valence-electron chi connectivity index (χ3n) is 8.66. The number of anilines is 1. The highest BCUT2D eigenvalue weighted by Gasteiger charge is 2.26. The molecule has 43 heavy (non-hydrogen) atoms. The van der Waals surface area contributed by atoms with E-state index in [2.05, 4.69) is 42.0 Å². The van der Waals surface area contributed by atoms with Gasteiger partial charge in [0.05, 0.1) is 34.3 Å². The van der Waals surface area contributed by atoms with Crippen LogP contribution < -0.4 is 16.2 Å². The summed E-state index contributed by atoms with van der Waals surface area (Å²) in [6, 6.07) is 14.9. The number of nitrogens with one attached hydrogen (secondary N) is 2. The predicted molar refractivity (Wildman–Crippen MR) is 173 cm³/mol. The molecule has 8 nitrogen and oxygen atoms in total. The van der Waals surface area contributed by atoms with Gasteiger partial charge < -0.3 is 24.4 Å². The zero-order chi connectivity index (χ0) is 30.3. The van der Waals surface area contributed by atoms with Gasteiger partial charge in [-0.15, -0.1) is 0 Å². The number of ether oxygens (including phenoxy) is 1. The molecule has 0 radical (unpaired) electrons. The SMILES string of the molecule is CCOC(=O)C1CCN(CCCNc2cc3oc4cc(C(C)(C)C)ccc4[nH]c3c3c(=O)c4ccccc4c(=O)c23)CC1. The van der Waals surface area contributed by atoms with Crippen molar-refractivity contribution in [2.24, 2.45) is 5.92 Å². The van der Waals surface area contributed by atoms with Crippen LogP contribution in [0.5, 0.6) is 0 Å². The van der Waals surface area contributed by atoms with Gasteiger partial charge in [0.2, 0.25) is 0 Å². The largest absolute Gasteiger partial charge is 0.466 e. The molecule has 1 aliphatic heterocycles. The van der Waals surface area contributed by atoms with E-state index in [0.717, 1.165) is 50.0 Å². The normalized spacial score (nSPS) is 15.1. The number of carbonyl (C=O) groups is 1. The summed E-state index contributed by atoms with van der Waals surface area (Å²) in [5.74, 6) is -0.100. The number of H-pyrrole nitrogens is 1. The van der Waals surface area contributed by atoms with Gasteiger partial charge in [0.25, 0.3) is 0 Å². The fourth-order valence-corrected chi connectivity index (χ4v) is 6.22. The summed E-state index contributed by atoms with van der Waals surface area (Å²) < 4.78 is 11.6. The van der Waals surface area contributed by atoms with Crippen molar-refractivity contribution in [2.45, 2.75) is 52.4 Å². The first-order valence-electron chi connectivity index (χ1n) is 15.3. The maximum atomic E-state index is 13.9. The lowest BCUT2D eigenvalue weighted by molar-refractivity contribution is -0.149. The first kappa shape index (κ1) is 28.9. The summed E-state index contributed by atoms with van der Waals surface area (Å²) >= 11 is 0. The highest BCUT2D eigenvalue weighted by atomic mass is 16.5. The van der Waals surface area contributed by atoms with Crippen LogP contribution >= 0.6 is 0 Å². The molecule has 1 fully saturated rings. The third kappa shape index (κ3) is 5.52. The second-order valence-electron chi connectivity index (χ2n) is 12.6. The van der Waals surface area contributed by atoms with Crippen LogP contribution in [0.3, 0.4) is 0 Å². The predicted octanol–water partition coefficient (Wildman–Crippen LogP) is 6.32. The molecular weight excluding hydrogens is 542 g/mol. The molecule has 1 aliphatic rings. The molecule has 0 spiro atoms. The average molecular weight is 582 g/mol. The summed E-state index contributed by atoms with van der Waals surface area (Å²) in [7, 11) is 0. The van der Waals surface area contributed by atoms with Gasteiger partial charge in [-0.05, 0) is 68.9 Å². The van der Waals surface area contributed by atoms with Gasteiger partial charge >= 0.3 is 5.97 Å². The fraction of sp³-hybridized carbons (Fsp3) is 0.400. The van der Waals surface area contributed by atoms with Gasteiger partial charge in [0.1, 0.15) is 0 Å². The number of piperidine rings is 1. The Kier molecular flexibility index (Phi) is 7.73. The number of hydrogen-bond acceptors (Lipinski definition) is 7. The first-order valence-corrected chi connectivity index (χ1v) is 15.3. The molecule has 2 heterocycles. The van der Waals surface area contributed by atoms with Crippen LogP contribution in [-0.2, 0) is 14.9 Å². The van der Waals surface area contributed by atoms with E-state index < -0.39 is 0 Å². The molecule has 4 aromatic carbocycles. The molecule has 0 saturated carbocycles. The molecule has 0 unspecified atom stereocenters. The second kappa shape index (κ2) is 11.5. The van der Waals surface area contributed by atoms with E-state index in [1.165, 1.54) is 0 Å². The van der Waals surface area contributed by atoms with E-state index in [1.807, 2.05) is 25.1 Å². The van der Waals surface area contributed by atoms with E-state index in [9.17, 15) is 14.4 Å². The standard InChI is InChI=1S/C35H39N3O5/c1-5-42-34(41)21-13-17-38(18-14-21)16-8-15-36-26-20-28-31(37-25-12-11-22(35(2,3)4)19-27(25)43-28)30-29(26)32(39)23-9-6-7-10-24(23)33(30)40/h6-7,9-12,19-21,36-37H,5,8,13-18H2,1-4H3. The minimum atomic E-state index is -0.194. The monoisotopic (exact) mass is 581 g/mol. The minimum Gasteiger partial charge on any atom is -0.466 e. The fourth-order valence-electron chi connectivity index (χ4n) is 6.22. The zero-order valence-corrected chi connectivity index (χ0v) is 25.3. The number of hydrogen-bond donors (Lipinski definition) is 2. The second-order valence-corrected chi connectivity index (χ2v) is 12.6. The number of benzene rings is 4. The van der Waals surface area contributed by atoms with Gasteiger partial charge in [0, 0.05) is 29.1 Å². The van der Waals surface area contributed by atoms with Crippen molar-refractivity contribution in [1.29, 1.82) is 0 Å². The van der Waals surface area contributed by atoms with Crippen molar-refractivity contribution in [3.8, 4) is 0 Å². The average Bonchev–Trinajstić information content (AvgIpc) is 3.00. The molecule has 224 valence electrons. The number of likely N-dealkylation sites (tertiary alicyclic amines) is 1. The van der Waals surface area contributed by atoms with Crippen LogP contribution in [0, 0.1) is 5.92 Å². The van der Waals surface area contributed by atoms with Crippen LogP contribution in [0.15, 0.2) is 62.5 Å². The number of aromatic nitrogens is 1. The lowest BCUT2D eigenvalue weighted by atomic mass is 9.87. The zero-order valence-electron chi connectivity index (χ0n) is 25.3. The van der Waals surface area contributed by atoms with Gasteiger partial charge in [-0.3, -0.25) is 14.4 Å². The van der Waals surface area contributed by atoms with Crippen LogP contribution in [0.1, 0.15) is 52.5 Å². The number of rotatable bonds is 7. The number of nitrogens with zero attached hydrogens (tertiary/aromatic N) is 1. The maximum Gasteiger partial charge on any atom is 0.309 e. The Morgan fingerprint density at radius 3 is 2.37 bits per heavy atom. The number of aromatic amines is 1. The Labute approximate surface area is 250 Å². The summed E-state index contributed by atoms with van der Waals surface area (Å²) in [6.45, 7) is 11.9. The molecule has 2 N–H and O–H groups in total. The number of carbonyl (C=O) groups excluding carboxylic acids is 1. The van der Waals surface area contributed by atoms with Gasteiger partial charge in [0.15, 0.2) is 22.0 Å².